The van der Waals surface area contributed by atoms with E-state index in [-0.39, 0.29) is 46.9 Å². The molecule has 0 aromatic heterocycles. The molecule has 9 heteroatoms. The molecule has 0 spiro atoms. The van der Waals surface area contributed by atoms with E-state index in [0.717, 1.165) is 17.4 Å². The molecule has 0 saturated carbocycles. The van der Waals surface area contributed by atoms with E-state index in [9.17, 15) is 18.0 Å². The van der Waals surface area contributed by atoms with Crippen molar-refractivity contribution in [3.63, 3.8) is 0 Å². The lowest BCUT2D eigenvalue weighted by atomic mass is 9.86. The normalized spacial score (nSPS) is 22.4. The van der Waals surface area contributed by atoms with Gasteiger partial charge in [-0.25, -0.2) is 13.2 Å². The molecular formula is C25H26N2O5S2. The Hall–Kier alpha value is -2.78. The van der Waals surface area contributed by atoms with Gasteiger partial charge in [0.05, 0.1) is 28.4 Å². The van der Waals surface area contributed by atoms with E-state index in [4.69, 9.17) is 4.74 Å². The number of rotatable bonds is 7. The summed E-state index contributed by atoms with van der Waals surface area (Å²) in [5.74, 6) is -0.893. The van der Waals surface area contributed by atoms with Crippen LogP contribution < -0.4 is 4.31 Å². The van der Waals surface area contributed by atoms with Crippen molar-refractivity contribution in [1.29, 1.82) is 0 Å². The minimum absolute atomic E-state index is 0.00709. The average molecular weight is 499 g/mol. The van der Waals surface area contributed by atoms with Crippen molar-refractivity contribution < 1.29 is 22.7 Å². The number of nitrogens with zero attached hydrogens (tertiary/aromatic N) is 2. The summed E-state index contributed by atoms with van der Waals surface area (Å²) in [5, 5.41) is 1.39. The second-order valence-corrected chi connectivity index (χ2v) is 12.0. The van der Waals surface area contributed by atoms with E-state index >= 15 is 0 Å². The third-order valence-corrected chi connectivity index (χ3v) is 9.83. The number of sulfonamides is 1. The number of β-lactam (4-membered cyclic amide) rings is 1. The van der Waals surface area contributed by atoms with Gasteiger partial charge in [0.2, 0.25) is 5.91 Å². The van der Waals surface area contributed by atoms with Crippen molar-refractivity contribution >= 4 is 50.1 Å². The van der Waals surface area contributed by atoms with Crippen LogP contribution in [0.2, 0.25) is 0 Å². The van der Waals surface area contributed by atoms with E-state index in [1.54, 1.807) is 12.1 Å². The zero-order valence-corrected chi connectivity index (χ0v) is 20.9. The van der Waals surface area contributed by atoms with Crippen LogP contribution in [0.25, 0.3) is 10.8 Å². The van der Waals surface area contributed by atoms with Gasteiger partial charge in [0.25, 0.3) is 10.0 Å². The molecule has 7 nitrogen and oxygen atoms in total. The van der Waals surface area contributed by atoms with E-state index < -0.39 is 16.0 Å². The molecule has 5 rings (SSSR count). The van der Waals surface area contributed by atoms with Crippen molar-refractivity contribution in [2.24, 2.45) is 11.8 Å². The zero-order valence-electron chi connectivity index (χ0n) is 19.3. The van der Waals surface area contributed by atoms with Crippen LogP contribution in [0.4, 0.5) is 5.69 Å². The maximum Gasteiger partial charge on any atom is 0.356 e. The maximum atomic E-state index is 13.6. The molecule has 34 heavy (non-hydrogen) atoms. The summed E-state index contributed by atoms with van der Waals surface area (Å²) < 4.78 is 33.8. The van der Waals surface area contributed by atoms with Gasteiger partial charge in [-0.1, -0.05) is 63.4 Å². The van der Waals surface area contributed by atoms with E-state index in [2.05, 4.69) is 6.58 Å². The minimum atomic E-state index is -3.82. The van der Waals surface area contributed by atoms with Gasteiger partial charge < -0.3 is 4.74 Å². The van der Waals surface area contributed by atoms with Crippen LogP contribution >= 0.6 is 11.8 Å². The lowest BCUT2D eigenvalue weighted by Gasteiger charge is -2.44. The molecule has 2 aromatic carbocycles. The predicted octanol–water partition coefficient (Wildman–Crippen LogP) is 4.04. The second-order valence-electron chi connectivity index (χ2n) is 8.93. The standard InChI is InChI=1S/C25H26N2O5S2/c1-5-12-32-25(29)22-18(33-24-20(14(3)4)23(28)27(22)24)13-26-17-9-7-8-16-15(6-2)10-11-19(21(16)17)34(26,30)31/h5,7-11,14,20,24H,1,6,12-13H2,2-4H3. The summed E-state index contributed by atoms with van der Waals surface area (Å²) in [6, 6.07) is 9.13. The van der Waals surface area contributed by atoms with Gasteiger partial charge in [0, 0.05) is 10.3 Å². The van der Waals surface area contributed by atoms with Crippen molar-refractivity contribution in [2.75, 3.05) is 17.5 Å². The van der Waals surface area contributed by atoms with Crippen LogP contribution in [0, 0.1) is 11.8 Å². The van der Waals surface area contributed by atoms with Gasteiger partial charge in [-0.15, -0.1) is 0 Å². The topological polar surface area (TPSA) is 84.0 Å². The van der Waals surface area contributed by atoms with Crippen LogP contribution in [-0.4, -0.2) is 43.7 Å². The summed E-state index contributed by atoms with van der Waals surface area (Å²) in [5.41, 5.74) is 1.82. The van der Waals surface area contributed by atoms with Crippen molar-refractivity contribution in [3.8, 4) is 0 Å². The molecule has 0 radical (unpaired) electrons. The Kier molecular flexibility index (Phi) is 5.52. The Bertz CT molecular complexity index is 1380. The molecule has 1 fully saturated rings. The molecule has 3 heterocycles. The number of carbonyl (C=O) groups excluding carboxylic acids is 2. The molecule has 2 unspecified atom stereocenters. The quantitative estimate of drug-likeness (QED) is 0.326. The number of aryl methyl sites for hydroxylation is 1. The Morgan fingerprint density at radius 3 is 2.71 bits per heavy atom. The first-order valence-electron chi connectivity index (χ1n) is 11.3. The Labute approximate surface area is 203 Å². The first-order chi connectivity index (χ1) is 16.2. The number of carbonyl (C=O) groups is 2. The summed E-state index contributed by atoms with van der Waals surface area (Å²) in [7, 11) is -3.82. The lowest BCUT2D eigenvalue weighted by Crippen LogP contribution is -2.59. The van der Waals surface area contributed by atoms with Crippen LogP contribution in [0.1, 0.15) is 26.3 Å². The van der Waals surface area contributed by atoms with E-state index in [0.29, 0.717) is 16.0 Å². The molecule has 3 aliphatic rings. The number of amides is 1. The molecule has 0 aliphatic carbocycles. The highest BCUT2D eigenvalue weighted by Crippen LogP contribution is 2.53. The molecule has 1 amide bonds. The summed E-state index contributed by atoms with van der Waals surface area (Å²) >= 11 is 1.39. The molecule has 0 bridgehead atoms. The number of ether oxygens (including phenoxy) is 1. The van der Waals surface area contributed by atoms with Crippen LogP contribution in [0.5, 0.6) is 0 Å². The first-order valence-corrected chi connectivity index (χ1v) is 13.6. The van der Waals surface area contributed by atoms with Gasteiger partial charge in [0.15, 0.2) is 0 Å². The van der Waals surface area contributed by atoms with E-state index in [1.165, 1.54) is 27.0 Å². The Balaban J connectivity index is 1.59. The van der Waals surface area contributed by atoms with E-state index in [1.807, 2.05) is 39.0 Å². The number of fused-ring (bicyclic) bond motifs is 1. The molecule has 2 aromatic rings. The monoisotopic (exact) mass is 498 g/mol. The fourth-order valence-electron chi connectivity index (χ4n) is 5.02. The summed E-state index contributed by atoms with van der Waals surface area (Å²) in [6.07, 6.45) is 2.25. The molecule has 1 saturated heterocycles. The molecule has 2 atom stereocenters. The highest BCUT2D eigenvalue weighted by molar-refractivity contribution is 8.04. The highest BCUT2D eigenvalue weighted by atomic mass is 32.2. The maximum absolute atomic E-state index is 13.6. The Morgan fingerprint density at radius 1 is 1.26 bits per heavy atom. The third-order valence-electron chi connectivity index (χ3n) is 6.67. The largest absolute Gasteiger partial charge is 0.457 e. The van der Waals surface area contributed by atoms with Gasteiger partial charge in [-0.05, 0) is 35.4 Å². The average Bonchev–Trinajstić information content (AvgIpc) is 3.23. The van der Waals surface area contributed by atoms with Crippen molar-refractivity contribution in [2.45, 2.75) is 37.5 Å². The molecule has 3 aliphatic heterocycles. The zero-order chi connectivity index (χ0) is 24.4. The van der Waals surface area contributed by atoms with Crippen LogP contribution in [0.15, 0.2) is 58.5 Å². The smallest absolute Gasteiger partial charge is 0.356 e. The van der Waals surface area contributed by atoms with Gasteiger partial charge >= 0.3 is 5.97 Å². The summed E-state index contributed by atoms with van der Waals surface area (Å²) in [6.45, 7) is 9.53. The SMILES string of the molecule is C=CCOC(=O)C1=C(CN2c3cccc4c(CC)ccc(c34)S2(=O)=O)SC2C(C(C)C)C(=O)N12. The first kappa shape index (κ1) is 23.0. The molecule has 0 N–H and O–H groups in total. The predicted molar refractivity (Wildman–Crippen MR) is 133 cm³/mol. The lowest BCUT2D eigenvalue weighted by molar-refractivity contribution is -0.155. The van der Waals surface area contributed by atoms with Gasteiger partial charge in [0.1, 0.15) is 12.3 Å². The number of hydrogen-bond acceptors (Lipinski definition) is 6. The van der Waals surface area contributed by atoms with Crippen LogP contribution in [0.3, 0.4) is 0 Å². The summed E-state index contributed by atoms with van der Waals surface area (Å²) in [4.78, 5) is 28.1. The van der Waals surface area contributed by atoms with Crippen LogP contribution in [-0.2, 0) is 30.8 Å². The van der Waals surface area contributed by atoms with Crippen molar-refractivity contribution in [3.05, 3.63) is 59.2 Å². The number of esters is 1. The number of benzene rings is 2. The van der Waals surface area contributed by atoms with Gasteiger partial charge in [-0.3, -0.25) is 14.0 Å². The minimum Gasteiger partial charge on any atom is -0.457 e. The number of hydrogen-bond donors (Lipinski definition) is 0. The third kappa shape index (κ3) is 3.13. The Morgan fingerprint density at radius 2 is 2.03 bits per heavy atom. The molecule has 178 valence electrons. The fourth-order valence-corrected chi connectivity index (χ4v) is 8.45. The highest BCUT2D eigenvalue weighted by Gasteiger charge is 2.57. The number of anilines is 1. The second kappa shape index (κ2) is 8.16. The van der Waals surface area contributed by atoms with Crippen molar-refractivity contribution in [1.82, 2.24) is 4.90 Å². The number of thioether (sulfide) groups is 1. The molecular weight excluding hydrogens is 472 g/mol. The fraction of sp³-hybridized carbons (Fsp3) is 0.360. The van der Waals surface area contributed by atoms with Gasteiger partial charge in [-0.2, -0.15) is 0 Å².